The SMILES string of the molecule is COCCN1C(=O)C(C(c2ccc(OC)cc2)N2CCN(c3ccccc3)CC2)C(=O)C=C1C. The zero-order chi connectivity index (χ0) is 24.1. The Bertz CT molecular complexity index is 1010. The first kappa shape index (κ1) is 24.0. The third kappa shape index (κ3) is 5.00. The molecule has 1 saturated heterocycles. The second-order valence-electron chi connectivity index (χ2n) is 8.72. The predicted molar refractivity (Wildman–Crippen MR) is 132 cm³/mol. The highest BCUT2D eigenvalue weighted by Gasteiger charge is 2.44. The smallest absolute Gasteiger partial charge is 0.239 e. The largest absolute Gasteiger partial charge is 0.497 e. The van der Waals surface area contributed by atoms with Gasteiger partial charge in [0.15, 0.2) is 5.78 Å². The average molecular weight is 464 g/mol. The van der Waals surface area contributed by atoms with Crippen molar-refractivity contribution in [1.82, 2.24) is 9.80 Å². The molecule has 4 rings (SSSR count). The molecule has 2 unspecified atom stereocenters. The summed E-state index contributed by atoms with van der Waals surface area (Å²) in [4.78, 5) is 33.3. The zero-order valence-corrected chi connectivity index (χ0v) is 20.1. The van der Waals surface area contributed by atoms with Crippen molar-refractivity contribution in [1.29, 1.82) is 0 Å². The van der Waals surface area contributed by atoms with Crippen molar-refractivity contribution >= 4 is 17.4 Å². The standard InChI is InChI=1S/C27H33N3O4/c1-20-19-24(31)25(27(32)30(20)17-18-33-2)26(21-9-11-23(34-3)12-10-21)29-15-13-28(14-16-29)22-7-5-4-6-8-22/h4-12,19,25-26H,13-18H2,1-3H3. The number of carbonyl (C=O) groups is 2. The number of benzene rings is 2. The minimum atomic E-state index is -0.794. The Balaban J connectivity index is 1.63. The summed E-state index contributed by atoms with van der Waals surface area (Å²) in [6.07, 6.45) is 1.61. The molecule has 2 heterocycles. The van der Waals surface area contributed by atoms with Gasteiger partial charge in [0.25, 0.3) is 0 Å². The summed E-state index contributed by atoms with van der Waals surface area (Å²) in [6, 6.07) is 17.7. The van der Waals surface area contributed by atoms with E-state index in [1.807, 2.05) is 49.4 Å². The lowest BCUT2D eigenvalue weighted by atomic mass is 9.84. The molecular weight excluding hydrogens is 430 g/mol. The van der Waals surface area contributed by atoms with Gasteiger partial charge in [-0.2, -0.15) is 0 Å². The van der Waals surface area contributed by atoms with E-state index in [9.17, 15) is 9.59 Å². The molecule has 2 atom stereocenters. The van der Waals surface area contributed by atoms with Gasteiger partial charge in [-0.1, -0.05) is 30.3 Å². The molecule has 0 spiro atoms. The van der Waals surface area contributed by atoms with Crippen LogP contribution in [0.25, 0.3) is 0 Å². The predicted octanol–water partition coefficient (Wildman–Crippen LogP) is 3.14. The maximum Gasteiger partial charge on any atom is 0.239 e. The molecule has 2 aromatic carbocycles. The van der Waals surface area contributed by atoms with Crippen LogP contribution in [-0.2, 0) is 14.3 Å². The van der Waals surface area contributed by atoms with E-state index < -0.39 is 5.92 Å². The maximum absolute atomic E-state index is 13.7. The third-order valence-electron chi connectivity index (χ3n) is 6.74. The lowest BCUT2D eigenvalue weighted by Crippen LogP contribution is -2.54. The summed E-state index contributed by atoms with van der Waals surface area (Å²) in [7, 11) is 3.24. The molecule has 7 nitrogen and oxygen atoms in total. The Labute approximate surface area is 201 Å². The van der Waals surface area contributed by atoms with Gasteiger partial charge in [-0.3, -0.25) is 14.5 Å². The number of rotatable bonds is 8. The highest BCUT2D eigenvalue weighted by molar-refractivity contribution is 6.10. The van der Waals surface area contributed by atoms with Gasteiger partial charge in [-0.25, -0.2) is 0 Å². The van der Waals surface area contributed by atoms with Crippen molar-refractivity contribution in [3.8, 4) is 5.75 Å². The molecule has 0 aliphatic carbocycles. The van der Waals surface area contributed by atoms with E-state index in [0.717, 1.165) is 37.5 Å². The van der Waals surface area contributed by atoms with E-state index in [0.29, 0.717) is 18.8 Å². The molecule has 0 N–H and O–H groups in total. The third-order valence-corrected chi connectivity index (χ3v) is 6.74. The molecule has 2 aliphatic rings. The van der Waals surface area contributed by atoms with Gasteiger partial charge < -0.3 is 19.3 Å². The van der Waals surface area contributed by atoms with Crippen molar-refractivity contribution in [3.05, 3.63) is 71.9 Å². The van der Waals surface area contributed by atoms with Crippen molar-refractivity contribution in [2.45, 2.75) is 13.0 Å². The number of amides is 1. The molecule has 2 aromatic rings. The number of anilines is 1. The average Bonchev–Trinajstić information content (AvgIpc) is 2.87. The van der Waals surface area contributed by atoms with E-state index in [2.05, 4.69) is 21.9 Å². The second-order valence-corrected chi connectivity index (χ2v) is 8.72. The van der Waals surface area contributed by atoms with E-state index in [4.69, 9.17) is 9.47 Å². The lowest BCUT2D eigenvalue weighted by Gasteiger charge is -2.44. The normalized spacial score (nSPS) is 20.3. The van der Waals surface area contributed by atoms with E-state index in [1.165, 1.54) is 5.69 Å². The van der Waals surface area contributed by atoms with Gasteiger partial charge in [0.05, 0.1) is 19.8 Å². The molecule has 1 fully saturated rings. The summed E-state index contributed by atoms with van der Waals surface area (Å²) in [5.41, 5.74) is 2.81. The topological polar surface area (TPSA) is 62.3 Å². The Hall–Kier alpha value is -3.16. The highest BCUT2D eigenvalue weighted by atomic mass is 16.5. The van der Waals surface area contributed by atoms with Crippen LogP contribution < -0.4 is 9.64 Å². The number of ketones is 1. The van der Waals surface area contributed by atoms with Crippen molar-refractivity contribution in [2.75, 3.05) is 58.5 Å². The van der Waals surface area contributed by atoms with Crippen LogP contribution in [0.3, 0.4) is 0 Å². The highest BCUT2D eigenvalue weighted by Crippen LogP contribution is 2.36. The van der Waals surface area contributed by atoms with Crippen LogP contribution in [0.1, 0.15) is 18.5 Å². The number of allylic oxidation sites excluding steroid dienone is 2. The molecule has 7 heteroatoms. The first-order valence-corrected chi connectivity index (χ1v) is 11.7. The van der Waals surface area contributed by atoms with Crippen molar-refractivity contribution in [3.63, 3.8) is 0 Å². The Morgan fingerprint density at radius 2 is 1.62 bits per heavy atom. The minimum absolute atomic E-state index is 0.137. The van der Waals surface area contributed by atoms with Gasteiger partial charge in [-0.15, -0.1) is 0 Å². The fraction of sp³-hybridized carbons (Fsp3) is 0.407. The summed E-state index contributed by atoms with van der Waals surface area (Å²) in [5, 5.41) is 0. The summed E-state index contributed by atoms with van der Waals surface area (Å²) < 4.78 is 10.5. The monoisotopic (exact) mass is 463 g/mol. The number of hydrogen-bond donors (Lipinski definition) is 0. The van der Waals surface area contributed by atoms with Gasteiger partial charge in [0, 0.05) is 57.3 Å². The summed E-state index contributed by atoms with van der Waals surface area (Å²) >= 11 is 0. The molecule has 0 saturated carbocycles. The number of piperazine rings is 1. The molecule has 34 heavy (non-hydrogen) atoms. The minimum Gasteiger partial charge on any atom is -0.497 e. The van der Waals surface area contributed by atoms with Gasteiger partial charge in [0.1, 0.15) is 11.7 Å². The second kappa shape index (κ2) is 10.8. The fourth-order valence-electron chi connectivity index (χ4n) is 4.91. The quantitative estimate of drug-likeness (QED) is 0.561. The molecule has 2 aliphatic heterocycles. The van der Waals surface area contributed by atoms with Gasteiger partial charge in [-0.05, 0) is 36.8 Å². The fourth-order valence-corrected chi connectivity index (χ4v) is 4.91. The zero-order valence-electron chi connectivity index (χ0n) is 20.1. The van der Waals surface area contributed by atoms with Crippen LogP contribution in [0.2, 0.25) is 0 Å². The molecule has 0 bridgehead atoms. The van der Waals surface area contributed by atoms with Crippen LogP contribution >= 0.6 is 0 Å². The molecular formula is C27H33N3O4. The number of hydrogen-bond acceptors (Lipinski definition) is 6. The number of carbonyl (C=O) groups excluding carboxylic acids is 2. The van der Waals surface area contributed by atoms with E-state index >= 15 is 0 Å². The Morgan fingerprint density at radius 1 is 0.941 bits per heavy atom. The molecule has 0 radical (unpaired) electrons. The van der Waals surface area contributed by atoms with Crippen LogP contribution in [0, 0.1) is 5.92 Å². The Morgan fingerprint density at radius 3 is 2.24 bits per heavy atom. The van der Waals surface area contributed by atoms with Gasteiger partial charge in [0.2, 0.25) is 5.91 Å². The first-order chi connectivity index (χ1) is 16.5. The Kier molecular flexibility index (Phi) is 7.65. The van der Waals surface area contributed by atoms with Crippen LogP contribution in [-0.4, -0.2) is 75.0 Å². The van der Waals surface area contributed by atoms with Crippen LogP contribution in [0.4, 0.5) is 5.69 Å². The van der Waals surface area contributed by atoms with Crippen molar-refractivity contribution < 1.29 is 19.1 Å². The maximum atomic E-state index is 13.7. The van der Waals surface area contributed by atoms with Gasteiger partial charge >= 0.3 is 0 Å². The summed E-state index contributed by atoms with van der Waals surface area (Å²) in [5.74, 6) is -0.344. The number of ether oxygens (including phenoxy) is 2. The number of nitrogens with zero attached hydrogens (tertiary/aromatic N) is 3. The first-order valence-electron chi connectivity index (χ1n) is 11.7. The molecule has 180 valence electrons. The number of methoxy groups -OCH3 is 2. The molecule has 1 amide bonds. The van der Waals surface area contributed by atoms with Crippen LogP contribution in [0.15, 0.2) is 66.4 Å². The van der Waals surface area contributed by atoms with Crippen LogP contribution in [0.5, 0.6) is 5.75 Å². The number of para-hydroxylation sites is 1. The lowest BCUT2D eigenvalue weighted by molar-refractivity contribution is -0.143. The van der Waals surface area contributed by atoms with E-state index in [-0.39, 0.29) is 17.7 Å². The van der Waals surface area contributed by atoms with E-state index in [1.54, 1.807) is 25.2 Å². The summed E-state index contributed by atoms with van der Waals surface area (Å²) in [6.45, 7) is 5.82. The van der Waals surface area contributed by atoms with Crippen molar-refractivity contribution in [2.24, 2.45) is 5.92 Å². The molecule has 0 aromatic heterocycles.